The van der Waals surface area contributed by atoms with Crippen molar-refractivity contribution in [2.75, 3.05) is 18.4 Å². The number of piperidine rings is 1. The van der Waals surface area contributed by atoms with E-state index < -0.39 is 15.9 Å². The minimum atomic E-state index is -3.74. The van der Waals surface area contributed by atoms with Gasteiger partial charge in [-0.25, -0.2) is 8.42 Å². The molecule has 0 aliphatic carbocycles. The number of nitrogens with zero attached hydrogens (tertiary/aromatic N) is 3. The van der Waals surface area contributed by atoms with Gasteiger partial charge in [0.2, 0.25) is 17.6 Å². The molecule has 0 radical (unpaired) electrons. The van der Waals surface area contributed by atoms with E-state index in [4.69, 9.17) is 16.1 Å². The number of amides is 1. The van der Waals surface area contributed by atoms with Crippen molar-refractivity contribution < 1.29 is 17.7 Å². The predicted octanol–water partition coefficient (Wildman–Crippen LogP) is 4.36. The van der Waals surface area contributed by atoms with Gasteiger partial charge < -0.3 is 9.84 Å². The van der Waals surface area contributed by atoms with E-state index in [1.165, 1.54) is 4.31 Å². The normalized spacial score (nSPS) is 17.4. The monoisotopic (exact) mass is 494 g/mol. The van der Waals surface area contributed by atoms with Crippen LogP contribution in [0.25, 0.3) is 11.4 Å². The van der Waals surface area contributed by atoms with Crippen LogP contribution in [0, 0.1) is 12.8 Å². The fraction of sp³-hybridized carbons (Fsp3) is 0.381. The van der Waals surface area contributed by atoms with Crippen molar-refractivity contribution in [2.45, 2.75) is 37.3 Å². The van der Waals surface area contributed by atoms with Gasteiger partial charge in [0.25, 0.3) is 10.0 Å². The van der Waals surface area contributed by atoms with E-state index in [-0.39, 0.29) is 16.7 Å². The summed E-state index contributed by atoms with van der Waals surface area (Å²) in [5.41, 5.74) is 2.01. The second-order valence-corrected chi connectivity index (χ2v) is 11.1. The van der Waals surface area contributed by atoms with Crippen LogP contribution in [0.3, 0.4) is 0 Å². The molecule has 1 amide bonds. The summed E-state index contributed by atoms with van der Waals surface area (Å²) in [5, 5.41) is 9.07. The summed E-state index contributed by atoms with van der Waals surface area (Å²) in [6.07, 6.45) is 1.83. The lowest BCUT2D eigenvalue weighted by molar-refractivity contribution is -0.120. The first-order valence-electron chi connectivity index (χ1n) is 10.3. The number of benzene rings is 1. The topological polar surface area (TPSA) is 105 Å². The summed E-state index contributed by atoms with van der Waals surface area (Å²) >= 11 is 7.25. The summed E-state index contributed by atoms with van der Waals surface area (Å²) in [5.74, 6) is 0.212. The minimum absolute atomic E-state index is 0.128. The largest absolute Gasteiger partial charge is 0.339 e. The smallest absolute Gasteiger partial charge is 0.252 e. The number of rotatable bonds is 6. The van der Waals surface area contributed by atoms with Crippen LogP contribution >= 0.6 is 22.9 Å². The minimum Gasteiger partial charge on any atom is -0.339 e. The van der Waals surface area contributed by atoms with Crippen LogP contribution in [-0.4, -0.2) is 41.9 Å². The number of nitrogens with one attached hydrogen (secondary N) is 1. The number of hydrogen-bond acceptors (Lipinski definition) is 7. The summed E-state index contributed by atoms with van der Waals surface area (Å²) in [4.78, 5) is 17.1. The van der Waals surface area contributed by atoms with E-state index in [0.717, 1.165) is 16.9 Å². The van der Waals surface area contributed by atoms with Gasteiger partial charge in [-0.3, -0.25) is 4.79 Å². The first-order chi connectivity index (χ1) is 15.3. The molecule has 0 saturated carbocycles. The molecule has 11 heteroatoms. The molecule has 1 N–H and O–H groups in total. The van der Waals surface area contributed by atoms with E-state index in [1.54, 1.807) is 29.6 Å². The molecule has 1 aliphatic heterocycles. The number of carbonyl (C=O) groups is 1. The highest BCUT2D eigenvalue weighted by Crippen LogP contribution is 2.32. The highest BCUT2D eigenvalue weighted by Gasteiger charge is 2.34. The quantitative estimate of drug-likeness (QED) is 0.545. The summed E-state index contributed by atoms with van der Waals surface area (Å²) < 4.78 is 33.2. The molecule has 1 saturated heterocycles. The molecule has 1 atom stereocenters. The van der Waals surface area contributed by atoms with Crippen LogP contribution < -0.4 is 5.32 Å². The maximum Gasteiger partial charge on any atom is 0.252 e. The van der Waals surface area contributed by atoms with E-state index in [1.807, 2.05) is 13.8 Å². The van der Waals surface area contributed by atoms with Gasteiger partial charge in [-0.1, -0.05) is 29.7 Å². The first kappa shape index (κ1) is 22.9. The molecule has 8 nitrogen and oxygen atoms in total. The Hall–Kier alpha value is -2.27. The zero-order chi connectivity index (χ0) is 22.9. The Morgan fingerprint density at radius 3 is 2.97 bits per heavy atom. The molecule has 3 heterocycles. The Morgan fingerprint density at radius 1 is 1.41 bits per heavy atom. The Morgan fingerprint density at radius 2 is 2.22 bits per heavy atom. The Balaban J connectivity index is 1.48. The Bertz CT molecular complexity index is 1240. The van der Waals surface area contributed by atoms with Crippen LogP contribution in [0.2, 0.25) is 5.02 Å². The number of thiophene rings is 1. The average molecular weight is 495 g/mol. The summed E-state index contributed by atoms with van der Waals surface area (Å²) in [6.45, 7) is 4.23. The molecule has 1 aromatic carbocycles. The van der Waals surface area contributed by atoms with Crippen LogP contribution in [0.1, 0.15) is 31.2 Å². The van der Waals surface area contributed by atoms with Gasteiger partial charge in [0.15, 0.2) is 0 Å². The summed E-state index contributed by atoms with van der Waals surface area (Å²) in [7, 11) is -3.74. The second kappa shape index (κ2) is 9.30. The highest BCUT2D eigenvalue weighted by molar-refractivity contribution is 7.91. The zero-order valence-electron chi connectivity index (χ0n) is 17.7. The number of halogens is 1. The lowest BCUT2D eigenvalue weighted by atomic mass is 9.98. The number of aryl methyl sites for hydroxylation is 1. The van der Waals surface area contributed by atoms with Crippen molar-refractivity contribution in [1.29, 1.82) is 0 Å². The molecule has 170 valence electrons. The van der Waals surface area contributed by atoms with Gasteiger partial charge in [-0.15, -0.1) is 11.3 Å². The van der Waals surface area contributed by atoms with Gasteiger partial charge >= 0.3 is 0 Å². The third-order valence-electron chi connectivity index (χ3n) is 5.48. The fourth-order valence-corrected chi connectivity index (χ4v) is 6.57. The third kappa shape index (κ3) is 4.59. The van der Waals surface area contributed by atoms with E-state index in [2.05, 4.69) is 15.5 Å². The van der Waals surface area contributed by atoms with Crippen LogP contribution in [0.5, 0.6) is 0 Å². The molecule has 32 heavy (non-hydrogen) atoms. The number of hydrogen-bond donors (Lipinski definition) is 1. The number of carbonyl (C=O) groups excluding carboxylic acids is 1. The van der Waals surface area contributed by atoms with Crippen molar-refractivity contribution in [3.63, 3.8) is 0 Å². The van der Waals surface area contributed by atoms with Gasteiger partial charge in [0.1, 0.15) is 4.21 Å². The van der Waals surface area contributed by atoms with Crippen molar-refractivity contribution >= 4 is 44.6 Å². The van der Waals surface area contributed by atoms with E-state index >= 15 is 0 Å². The lowest BCUT2D eigenvalue weighted by Crippen LogP contribution is -2.43. The zero-order valence-corrected chi connectivity index (χ0v) is 20.1. The van der Waals surface area contributed by atoms with Crippen molar-refractivity contribution in [1.82, 2.24) is 14.4 Å². The predicted molar refractivity (Wildman–Crippen MR) is 123 cm³/mol. The molecule has 4 rings (SSSR count). The molecular formula is C21H23ClN4O4S2. The number of sulfonamides is 1. The van der Waals surface area contributed by atoms with E-state index in [9.17, 15) is 13.2 Å². The average Bonchev–Trinajstić information content (AvgIpc) is 3.47. The molecule has 0 spiro atoms. The maximum atomic E-state index is 13.2. The van der Waals surface area contributed by atoms with Gasteiger partial charge in [-0.2, -0.15) is 9.29 Å². The Labute approximate surface area is 195 Å². The Kier molecular flexibility index (Phi) is 6.66. The van der Waals surface area contributed by atoms with Crippen LogP contribution in [0.4, 0.5) is 5.69 Å². The third-order valence-corrected chi connectivity index (χ3v) is 9.17. The molecule has 3 aromatic rings. The van der Waals surface area contributed by atoms with Gasteiger partial charge in [0, 0.05) is 41.2 Å². The highest BCUT2D eigenvalue weighted by atomic mass is 35.5. The van der Waals surface area contributed by atoms with Crippen molar-refractivity contribution in [2.24, 2.45) is 5.92 Å². The fourth-order valence-electron chi connectivity index (χ4n) is 3.56. The SMILES string of the molecule is CCc1nc(-c2csc(S(=O)(=O)N3CCC[C@@H](C(=O)Nc4cccc(Cl)c4C)C3)c2)no1. The molecule has 0 unspecified atom stereocenters. The maximum absolute atomic E-state index is 13.2. The van der Waals surface area contributed by atoms with Crippen molar-refractivity contribution in [3.8, 4) is 11.4 Å². The standard InChI is InChI=1S/C21H23ClN4O4S2/c1-3-18-24-20(25-30-18)15-10-19(31-12-15)32(28,29)26-9-5-6-14(11-26)21(27)23-17-8-4-7-16(22)13(17)2/h4,7-8,10,12,14H,3,5-6,9,11H2,1-2H3,(H,23,27)/t14-/m1/s1. The van der Waals surface area contributed by atoms with Crippen molar-refractivity contribution in [3.05, 3.63) is 46.1 Å². The first-order valence-corrected chi connectivity index (χ1v) is 13.0. The number of anilines is 1. The molecule has 0 bridgehead atoms. The number of aromatic nitrogens is 2. The molecular weight excluding hydrogens is 472 g/mol. The summed E-state index contributed by atoms with van der Waals surface area (Å²) in [6, 6.07) is 6.87. The van der Waals surface area contributed by atoms with Crippen LogP contribution in [-0.2, 0) is 21.2 Å². The molecule has 2 aromatic heterocycles. The second-order valence-electron chi connectivity index (χ2n) is 7.62. The van der Waals surface area contributed by atoms with E-state index in [0.29, 0.717) is 53.8 Å². The van der Waals surface area contributed by atoms with Crippen LogP contribution in [0.15, 0.2) is 38.4 Å². The van der Waals surface area contributed by atoms with Gasteiger partial charge in [-0.05, 0) is 43.5 Å². The molecule has 1 fully saturated rings. The molecule has 1 aliphatic rings. The lowest BCUT2D eigenvalue weighted by Gasteiger charge is -2.31. The van der Waals surface area contributed by atoms with Gasteiger partial charge in [0.05, 0.1) is 5.92 Å².